The number of benzene rings is 2. The summed E-state index contributed by atoms with van der Waals surface area (Å²) in [6, 6.07) is 13.2. The van der Waals surface area contributed by atoms with Gasteiger partial charge in [0, 0.05) is 0 Å². The van der Waals surface area contributed by atoms with Gasteiger partial charge in [0.05, 0.1) is 13.7 Å². The molecule has 8 nitrogen and oxygen atoms in total. The number of ether oxygens (including phenoxy) is 3. The largest absolute Gasteiger partial charge is 0.573 e. The molecule has 36 heavy (non-hydrogen) atoms. The van der Waals surface area contributed by atoms with E-state index >= 15 is 0 Å². The zero-order chi connectivity index (χ0) is 25.9. The van der Waals surface area contributed by atoms with Crippen LogP contribution in [-0.2, 0) is 12.0 Å². The van der Waals surface area contributed by atoms with Crippen LogP contribution in [-0.4, -0.2) is 45.6 Å². The maximum Gasteiger partial charge on any atom is 0.573 e. The molecule has 0 radical (unpaired) electrons. The average molecular weight is 505 g/mol. The number of aromatic nitrogens is 3. The van der Waals surface area contributed by atoms with Crippen LogP contribution in [0.15, 0.2) is 48.5 Å². The Bertz CT molecular complexity index is 1190. The molecule has 0 saturated heterocycles. The van der Waals surface area contributed by atoms with E-state index in [2.05, 4.69) is 22.0 Å². The molecule has 0 atom stereocenters. The molecule has 1 saturated carbocycles. The molecule has 0 aliphatic heterocycles. The number of halogens is 3. The molecular weight excluding hydrogens is 479 g/mol. The molecule has 1 aliphatic carbocycles. The smallest absolute Gasteiger partial charge is 0.497 e. The Labute approximate surface area is 205 Å². The van der Waals surface area contributed by atoms with E-state index in [0.717, 1.165) is 11.1 Å². The first-order valence-corrected chi connectivity index (χ1v) is 11.4. The third-order valence-electron chi connectivity index (χ3n) is 6.48. The molecule has 0 bridgehead atoms. The molecule has 3 aromatic rings. The van der Waals surface area contributed by atoms with Crippen molar-refractivity contribution in [1.29, 1.82) is 0 Å². The van der Waals surface area contributed by atoms with Crippen molar-refractivity contribution >= 4 is 5.97 Å². The highest BCUT2D eigenvalue weighted by molar-refractivity contribution is 5.87. The van der Waals surface area contributed by atoms with E-state index in [1.54, 1.807) is 31.4 Å². The van der Waals surface area contributed by atoms with Crippen LogP contribution in [0.2, 0.25) is 0 Å². The molecule has 0 unspecified atom stereocenters. The van der Waals surface area contributed by atoms with Crippen molar-refractivity contribution in [3.63, 3.8) is 0 Å². The lowest BCUT2D eigenvalue weighted by atomic mass is 9.70. The summed E-state index contributed by atoms with van der Waals surface area (Å²) >= 11 is 0. The first kappa shape index (κ1) is 25.3. The average Bonchev–Trinajstić information content (AvgIpc) is 3.23. The number of carboxylic acids is 1. The summed E-state index contributed by atoms with van der Waals surface area (Å²) in [5.74, 6) is -0.688. The first-order valence-electron chi connectivity index (χ1n) is 11.4. The van der Waals surface area contributed by atoms with Crippen molar-refractivity contribution in [3.05, 3.63) is 65.4 Å². The predicted octanol–water partition coefficient (Wildman–Crippen LogP) is 5.21. The Hall–Kier alpha value is -3.76. The van der Waals surface area contributed by atoms with Gasteiger partial charge < -0.3 is 19.3 Å². The van der Waals surface area contributed by atoms with Gasteiger partial charge in [-0.2, -0.15) is 0 Å². The van der Waals surface area contributed by atoms with Crippen LogP contribution < -0.4 is 14.2 Å². The monoisotopic (exact) mass is 505 g/mol. The Morgan fingerprint density at radius 3 is 2.25 bits per heavy atom. The fraction of sp³-hybridized carbons (Fsp3) is 0.400. The lowest BCUT2D eigenvalue weighted by Crippen LogP contribution is -2.34. The molecule has 4 rings (SSSR count). The van der Waals surface area contributed by atoms with Gasteiger partial charge in [0.15, 0.2) is 0 Å². The van der Waals surface area contributed by atoms with E-state index in [9.17, 15) is 23.1 Å². The van der Waals surface area contributed by atoms with E-state index in [0.29, 0.717) is 31.4 Å². The number of alkyl halides is 3. The molecule has 192 valence electrons. The SMILES string of the molecule is COc1ccc(Cn2nnc(C(=O)O)c2O[C@H]2CC[C@@](C)(c3ccc(OC(F)(F)F)cc3)CC2)cc1. The fourth-order valence-electron chi connectivity index (χ4n) is 4.41. The summed E-state index contributed by atoms with van der Waals surface area (Å²) in [7, 11) is 1.57. The van der Waals surface area contributed by atoms with Gasteiger partial charge in [-0.05, 0) is 66.5 Å². The molecule has 11 heteroatoms. The first-order chi connectivity index (χ1) is 17.1. The standard InChI is InChI=1S/C25H26F3N3O5/c1-24(17-5-9-20(10-6-17)36-25(26,27)28)13-11-19(12-14-24)35-22-21(23(32)33)29-30-31(22)15-16-3-7-18(34-2)8-4-16/h3-10,19H,11-15H2,1-2H3,(H,32,33)/t19-,24+. The van der Waals surface area contributed by atoms with Gasteiger partial charge in [-0.15, -0.1) is 18.3 Å². The van der Waals surface area contributed by atoms with E-state index in [-0.39, 0.29) is 35.4 Å². The van der Waals surface area contributed by atoms with E-state index in [1.807, 2.05) is 12.1 Å². The maximum absolute atomic E-state index is 12.4. The fourth-order valence-corrected chi connectivity index (χ4v) is 4.41. The lowest BCUT2D eigenvalue weighted by molar-refractivity contribution is -0.274. The molecule has 1 heterocycles. The Balaban J connectivity index is 1.44. The number of nitrogens with zero attached hydrogens (tertiary/aromatic N) is 3. The van der Waals surface area contributed by atoms with Crippen molar-refractivity contribution < 1.29 is 37.3 Å². The summed E-state index contributed by atoms with van der Waals surface area (Å²) in [6.45, 7) is 2.33. The second-order valence-corrected chi connectivity index (χ2v) is 9.00. The van der Waals surface area contributed by atoms with Crippen LogP contribution in [0.25, 0.3) is 0 Å². The van der Waals surface area contributed by atoms with Crippen LogP contribution in [0.1, 0.15) is 54.2 Å². The summed E-state index contributed by atoms with van der Waals surface area (Å²) in [5, 5.41) is 17.4. The third-order valence-corrected chi connectivity index (χ3v) is 6.48. The third kappa shape index (κ3) is 5.89. The van der Waals surface area contributed by atoms with Crippen LogP contribution in [0.5, 0.6) is 17.4 Å². The molecule has 0 spiro atoms. The highest BCUT2D eigenvalue weighted by atomic mass is 19.4. The highest BCUT2D eigenvalue weighted by Crippen LogP contribution is 2.41. The molecule has 1 N–H and O–H groups in total. The van der Waals surface area contributed by atoms with Gasteiger partial charge in [-0.1, -0.05) is 36.4 Å². The van der Waals surface area contributed by atoms with E-state index in [1.165, 1.54) is 16.8 Å². The molecule has 1 fully saturated rings. The zero-order valence-electron chi connectivity index (χ0n) is 19.8. The Morgan fingerprint density at radius 1 is 1.08 bits per heavy atom. The van der Waals surface area contributed by atoms with Crippen molar-refractivity contribution in [2.24, 2.45) is 0 Å². The van der Waals surface area contributed by atoms with Gasteiger partial charge in [-0.25, -0.2) is 9.48 Å². The zero-order valence-corrected chi connectivity index (χ0v) is 19.8. The van der Waals surface area contributed by atoms with Crippen molar-refractivity contribution in [2.45, 2.75) is 57.0 Å². The number of hydrogen-bond donors (Lipinski definition) is 1. The lowest BCUT2D eigenvalue weighted by Gasteiger charge is -2.37. The second-order valence-electron chi connectivity index (χ2n) is 9.00. The number of methoxy groups -OCH3 is 1. The van der Waals surface area contributed by atoms with Gasteiger partial charge in [-0.3, -0.25) is 0 Å². The van der Waals surface area contributed by atoms with Crippen molar-refractivity contribution in [1.82, 2.24) is 15.0 Å². The van der Waals surface area contributed by atoms with E-state index in [4.69, 9.17) is 9.47 Å². The quantitative estimate of drug-likeness (QED) is 0.449. The summed E-state index contributed by atoms with van der Waals surface area (Å²) in [4.78, 5) is 11.7. The van der Waals surface area contributed by atoms with Crippen molar-refractivity contribution in [2.75, 3.05) is 7.11 Å². The maximum atomic E-state index is 12.4. The second kappa shape index (κ2) is 10.1. The van der Waals surface area contributed by atoms with Gasteiger partial charge in [0.2, 0.25) is 11.6 Å². The van der Waals surface area contributed by atoms with Gasteiger partial charge in [0.25, 0.3) is 0 Å². The molecule has 0 amide bonds. The summed E-state index contributed by atoms with van der Waals surface area (Å²) < 4.78 is 54.0. The van der Waals surface area contributed by atoms with Crippen LogP contribution in [0.4, 0.5) is 13.2 Å². The number of rotatable bonds is 8. The van der Waals surface area contributed by atoms with Gasteiger partial charge in [0.1, 0.15) is 17.6 Å². The predicted molar refractivity (Wildman–Crippen MR) is 122 cm³/mol. The van der Waals surface area contributed by atoms with Gasteiger partial charge >= 0.3 is 12.3 Å². The minimum atomic E-state index is -4.73. The van der Waals surface area contributed by atoms with E-state index < -0.39 is 12.3 Å². The number of carboxylic acid groups (broad SMARTS) is 1. The summed E-state index contributed by atoms with van der Waals surface area (Å²) in [6.07, 6.45) is -2.31. The minimum Gasteiger partial charge on any atom is -0.497 e. The normalized spacial score (nSPS) is 20.1. The minimum absolute atomic E-state index is 0.0978. The topological polar surface area (TPSA) is 95.7 Å². The highest BCUT2D eigenvalue weighted by Gasteiger charge is 2.36. The number of carbonyl (C=O) groups is 1. The van der Waals surface area contributed by atoms with Crippen molar-refractivity contribution in [3.8, 4) is 17.4 Å². The van der Waals surface area contributed by atoms with Crippen LogP contribution >= 0.6 is 0 Å². The van der Waals surface area contributed by atoms with Crippen LogP contribution in [0, 0.1) is 0 Å². The molecule has 1 aromatic heterocycles. The molecule has 2 aromatic carbocycles. The molecule has 1 aliphatic rings. The summed E-state index contributed by atoms with van der Waals surface area (Å²) in [5.41, 5.74) is 1.27. The Morgan fingerprint density at radius 2 is 1.69 bits per heavy atom. The van der Waals surface area contributed by atoms with Crippen LogP contribution in [0.3, 0.4) is 0 Å². The number of aromatic carboxylic acids is 1. The molecular formula is C25H26F3N3O5. The Kier molecular flexibility index (Phi) is 7.09. The number of hydrogen-bond acceptors (Lipinski definition) is 6.